The van der Waals surface area contributed by atoms with E-state index in [9.17, 15) is 5.11 Å². The van der Waals surface area contributed by atoms with Gasteiger partial charge >= 0.3 is 0 Å². The van der Waals surface area contributed by atoms with Crippen LogP contribution in [-0.4, -0.2) is 5.11 Å². The molecule has 1 heterocycles. The number of hydrogen-bond acceptors (Lipinski definition) is 2. The van der Waals surface area contributed by atoms with Crippen LogP contribution in [0.1, 0.15) is 11.1 Å². The lowest BCUT2D eigenvalue weighted by Gasteiger charge is -2.28. The molecule has 9 aromatic carbocycles. The molecule has 0 radical (unpaired) electrons. The first-order chi connectivity index (χ1) is 26.5. The van der Waals surface area contributed by atoms with Gasteiger partial charge in [-0.2, -0.15) is 0 Å². The van der Waals surface area contributed by atoms with Crippen molar-refractivity contribution in [3.8, 4) is 61.4 Å². The van der Waals surface area contributed by atoms with Crippen molar-refractivity contribution in [1.82, 2.24) is 0 Å². The minimum absolute atomic E-state index is 0.299. The average Bonchev–Trinajstić information content (AvgIpc) is 3.32. The number of aromatic hydroxyl groups is 1. The van der Waals surface area contributed by atoms with Crippen molar-refractivity contribution >= 4 is 38.6 Å². The Morgan fingerprint density at radius 3 is 1.65 bits per heavy atom. The van der Waals surface area contributed by atoms with E-state index in [0.29, 0.717) is 5.75 Å². The Kier molecular flexibility index (Phi) is 7.45. The molecule has 0 saturated heterocycles. The Labute approximate surface area is 315 Å². The van der Waals surface area contributed by atoms with Gasteiger partial charge in [0.1, 0.15) is 5.75 Å². The summed E-state index contributed by atoms with van der Waals surface area (Å²) in [6.45, 7) is 4.18. The number of rotatable bonds is 4. The second-order valence-electron chi connectivity index (χ2n) is 14.5. The number of aryl methyl sites for hydroxylation is 2. The highest BCUT2D eigenvalue weighted by molar-refractivity contribution is 6.07. The van der Waals surface area contributed by atoms with E-state index in [1.165, 1.54) is 54.9 Å². The Hall–Kier alpha value is -6.90. The first kappa shape index (κ1) is 31.8. The third kappa shape index (κ3) is 5.35. The van der Waals surface area contributed by atoms with Gasteiger partial charge in [-0.3, -0.25) is 0 Å². The molecule has 0 aromatic heterocycles. The summed E-state index contributed by atoms with van der Waals surface area (Å²) < 4.78 is 0. The van der Waals surface area contributed by atoms with Crippen LogP contribution in [0.5, 0.6) is 5.75 Å². The zero-order valence-electron chi connectivity index (χ0n) is 30.2. The third-order valence-corrected chi connectivity index (χ3v) is 11.0. The molecule has 0 unspecified atom stereocenters. The van der Waals surface area contributed by atoms with Gasteiger partial charge in [0.25, 0.3) is 0 Å². The smallest absolute Gasteiger partial charge is 0.131 e. The summed E-state index contributed by atoms with van der Waals surface area (Å²) in [6, 6.07) is 65.5. The van der Waals surface area contributed by atoms with Gasteiger partial charge in [-0.15, -0.1) is 0 Å². The Bertz CT molecular complexity index is 2920. The Morgan fingerprint density at radius 1 is 0.333 bits per heavy atom. The Morgan fingerprint density at radius 2 is 0.907 bits per heavy atom. The molecule has 1 aliphatic rings. The van der Waals surface area contributed by atoms with E-state index in [-0.39, 0.29) is 0 Å². The highest BCUT2D eigenvalue weighted by atomic mass is 16.3. The number of phenolic OH excluding ortho intramolecular Hbond substituents is 1. The van der Waals surface area contributed by atoms with E-state index < -0.39 is 0 Å². The average molecular weight is 692 g/mol. The molecule has 1 aliphatic heterocycles. The number of benzene rings is 9. The first-order valence-electron chi connectivity index (χ1n) is 18.6. The van der Waals surface area contributed by atoms with Gasteiger partial charge < -0.3 is 10.0 Å². The van der Waals surface area contributed by atoms with Crippen LogP contribution in [0.2, 0.25) is 0 Å². The van der Waals surface area contributed by atoms with E-state index in [4.69, 9.17) is 0 Å². The molecule has 54 heavy (non-hydrogen) atoms. The fraction of sp³-hybridized carbons (Fsp3) is 0.0385. The standard InChI is InChI=1S/C52H37NO/c1-33-10-9-15-42(26-33)46-28-34(2)27-45(52(46)54)36-20-23-43(24-21-36)53-50-17-8-7-16-44(50)47-30-38-13-5-6-14-39(38)31-48(47)49-32-41(22-25-51(49)53)40-19-18-35-11-3-4-12-37(35)29-40/h3-32,54H,1-2H3. The molecular weight excluding hydrogens is 655 g/mol. The summed E-state index contributed by atoms with van der Waals surface area (Å²) >= 11 is 0. The quantitative estimate of drug-likeness (QED) is 0.199. The SMILES string of the molecule is Cc1cccc(-c2cc(C)cc(-c3ccc(N4c5ccccc5-c5cc6ccccc6cc5-c5cc(-c6ccc7ccccc7c6)ccc54)cc3)c2O)c1. The minimum atomic E-state index is 0.299. The van der Waals surface area contributed by atoms with E-state index in [0.717, 1.165) is 50.4 Å². The molecule has 256 valence electrons. The lowest BCUT2D eigenvalue weighted by atomic mass is 9.90. The van der Waals surface area contributed by atoms with Crippen LogP contribution in [0.15, 0.2) is 182 Å². The van der Waals surface area contributed by atoms with Gasteiger partial charge in [0.05, 0.1) is 11.4 Å². The molecule has 0 aliphatic carbocycles. The maximum absolute atomic E-state index is 11.7. The van der Waals surface area contributed by atoms with Gasteiger partial charge in [0.2, 0.25) is 0 Å². The van der Waals surface area contributed by atoms with Gasteiger partial charge in [0, 0.05) is 27.9 Å². The molecule has 1 N–H and O–H groups in total. The van der Waals surface area contributed by atoms with Crippen molar-refractivity contribution in [2.24, 2.45) is 0 Å². The monoisotopic (exact) mass is 691 g/mol. The minimum Gasteiger partial charge on any atom is -0.507 e. The van der Waals surface area contributed by atoms with Crippen LogP contribution in [0.25, 0.3) is 77.2 Å². The molecule has 2 heteroatoms. The summed E-state index contributed by atoms with van der Waals surface area (Å²) in [4.78, 5) is 2.40. The number of nitrogens with zero attached hydrogens (tertiary/aromatic N) is 1. The van der Waals surface area contributed by atoms with Crippen molar-refractivity contribution < 1.29 is 5.11 Å². The lowest BCUT2D eigenvalue weighted by Crippen LogP contribution is -2.11. The van der Waals surface area contributed by atoms with Gasteiger partial charge in [0.15, 0.2) is 0 Å². The number of fused-ring (bicyclic) bond motifs is 7. The Balaban J connectivity index is 1.16. The van der Waals surface area contributed by atoms with Crippen LogP contribution < -0.4 is 4.90 Å². The van der Waals surface area contributed by atoms with Crippen molar-refractivity contribution in [2.75, 3.05) is 4.90 Å². The van der Waals surface area contributed by atoms with Crippen LogP contribution in [0.3, 0.4) is 0 Å². The normalized spacial score (nSPS) is 11.9. The number of para-hydroxylation sites is 1. The molecule has 10 rings (SSSR count). The van der Waals surface area contributed by atoms with E-state index in [1.807, 2.05) is 6.07 Å². The van der Waals surface area contributed by atoms with E-state index >= 15 is 0 Å². The van der Waals surface area contributed by atoms with E-state index in [1.54, 1.807) is 0 Å². The zero-order valence-corrected chi connectivity index (χ0v) is 30.2. The van der Waals surface area contributed by atoms with Gasteiger partial charge in [-0.25, -0.2) is 0 Å². The predicted octanol–water partition coefficient (Wildman–Crippen LogP) is 14.4. The number of phenols is 1. The second kappa shape index (κ2) is 12.6. The highest BCUT2D eigenvalue weighted by Crippen LogP contribution is 2.52. The lowest BCUT2D eigenvalue weighted by molar-refractivity contribution is 0.479. The fourth-order valence-electron chi connectivity index (χ4n) is 8.31. The second-order valence-corrected chi connectivity index (χ2v) is 14.5. The molecule has 0 fully saturated rings. The number of anilines is 3. The number of hydrogen-bond donors (Lipinski definition) is 1. The van der Waals surface area contributed by atoms with E-state index in [2.05, 4.69) is 195 Å². The summed E-state index contributed by atoms with van der Waals surface area (Å²) in [5.74, 6) is 0.299. The predicted molar refractivity (Wildman–Crippen MR) is 228 cm³/mol. The maximum Gasteiger partial charge on any atom is 0.131 e. The molecule has 0 atom stereocenters. The molecule has 9 aromatic rings. The van der Waals surface area contributed by atoms with Gasteiger partial charge in [-0.1, -0.05) is 127 Å². The largest absolute Gasteiger partial charge is 0.507 e. The van der Waals surface area contributed by atoms with Crippen molar-refractivity contribution in [3.05, 3.63) is 193 Å². The molecule has 0 bridgehead atoms. The molecule has 0 saturated carbocycles. The van der Waals surface area contributed by atoms with Crippen LogP contribution in [0.4, 0.5) is 17.1 Å². The van der Waals surface area contributed by atoms with Crippen LogP contribution in [0, 0.1) is 13.8 Å². The fourth-order valence-corrected chi connectivity index (χ4v) is 8.31. The summed E-state index contributed by atoms with van der Waals surface area (Å²) in [6.07, 6.45) is 0. The van der Waals surface area contributed by atoms with Crippen molar-refractivity contribution in [1.29, 1.82) is 0 Å². The summed E-state index contributed by atoms with van der Waals surface area (Å²) in [5, 5.41) is 16.6. The molecule has 2 nitrogen and oxygen atoms in total. The zero-order chi connectivity index (χ0) is 36.3. The van der Waals surface area contributed by atoms with Crippen molar-refractivity contribution in [3.63, 3.8) is 0 Å². The van der Waals surface area contributed by atoms with Gasteiger partial charge in [-0.05, 0) is 135 Å². The van der Waals surface area contributed by atoms with Crippen molar-refractivity contribution in [2.45, 2.75) is 13.8 Å². The topological polar surface area (TPSA) is 23.5 Å². The molecule has 0 amide bonds. The summed E-state index contributed by atoms with van der Waals surface area (Å²) in [5.41, 5.74) is 16.4. The highest BCUT2D eigenvalue weighted by Gasteiger charge is 2.27. The van der Waals surface area contributed by atoms with Crippen LogP contribution >= 0.6 is 0 Å². The molecule has 0 spiro atoms. The maximum atomic E-state index is 11.7. The first-order valence-corrected chi connectivity index (χ1v) is 18.6. The summed E-state index contributed by atoms with van der Waals surface area (Å²) in [7, 11) is 0. The van der Waals surface area contributed by atoms with Crippen LogP contribution in [-0.2, 0) is 0 Å². The molecular formula is C52H37NO. The third-order valence-electron chi connectivity index (χ3n) is 11.0.